The second-order valence-electron chi connectivity index (χ2n) is 10.0. The van der Waals surface area contributed by atoms with E-state index in [2.05, 4.69) is 59.0 Å². The monoisotopic (exact) mass is 332 g/mol. The highest BCUT2D eigenvalue weighted by atomic mass is 15.0. The van der Waals surface area contributed by atoms with Gasteiger partial charge in [-0.15, -0.1) is 0 Å². The van der Waals surface area contributed by atoms with Crippen LogP contribution in [0.2, 0.25) is 0 Å². The fraction of sp³-hybridized carbons (Fsp3) is 0.818. The third kappa shape index (κ3) is 2.78. The van der Waals surface area contributed by atoms with E-state index in [9.17, 15) is 0 Å². The first-order valence-electron chi connectivity index (χ1n) is 10.2. The fourth-order valence-electron chi connectivity index (χ4n) is 6.90. The Morgan fingerprint density at radius 1 is 1.25 bits per heavy atom. The van der Waals surface area contributed by atoms with Gasteiger partial charge < -0.3 is 10.6 Å². The Labute approximate surface area is 150 Å². The third-order valence-electron chi connectivity index (χ3n) is 8.30. The molecule has 3 rings (SSSR count). The van der Waals surface area contributed by atoms with E-state index in [1.165, 1.54) is 38.5 Å². The van der Waals surface area contributed by atoms with Crippen LogP contribution in [0.4, 0.5) is 0 Å². The van der Waals surface area contributed by atoms with Crippen LogP contribution in [0.3, 0.4) is 0 Å². The molecule has 24 heavy (non-hydrogen) atoms. The number of hydrogen-bond donors (Lipinski definition) is 2. The highest BCUT2D eigenvalue weighted by molar-refractivity contribution is 5.20. The Balaban J connectivity index is 1.99. The van der Waals surface area contributed by atoms with Gasteiger partial charge in [-0.25, -0.2) is 0 Å². The molecule has 0 aromatic rings. The van der Waals surface area contributed by atoms with Crippen molar-refractivity contribution in [1.29, 1.82) is 0 Å². The normalized spacial score (nSPS) is 45.8. The van der Waals surface area contributed by atoms with Gasteiger partial charge in [-0.1, -0.05) is 26.0 Å². The highest BCUT2D eigenvalue weighted by Gasteiger charge is 2.60. The summed E-state index contributed by atoms with van der Waals surface area (Å²) in [4.78, 5) is 0. The zero-order valence-corrected chi connectivity index (χ0v) is 16.5. The molecule has 0 radical (unpaired) electrons. The number of nitrogens with two attached hydrogens (primary N) is 2. The summed E-state index contributed by atoms with van der Waals surface area (Å²) < 4.78 is 0. The summed E-state index contributed by atoms with van der Waals surface area (Å²) in [5.41, 5.74) is 2.14. The molecular formula is C22H40N2. The largest absolute Gasteiger partial charge is 0.474 e. The maximum Gasteiger partial charge on any atom is 0.0789 e. The third-order valence-corrected chi connectivity index (χ3v) is 8.30. The number of hydrogen-bond acceptors (Lipinski definition) is 0. The minimum Gasteiger partial charge on any atom is -0.474 e. The molecule has 3 saturated carbocycles. The summed E-state index contributed by atoms with van der Waals surface area (Å²) in [6.45, 7) is 14.3. The van der Waals surface area contributed by atoms with Crippen molar-refractivity contribution in [3.8, 4) is 0 Å². The van der Waals surface area contributed by atoms with Crippen molar-refractivity contribution in [1.82, 2.24) is 0 Å². The van der Waals surface area contributed by atoms with E-state index < -0.39 is 0 Å². The summed E-state index contributed by atoms with van der Waals surface area (Å²) in [6, 6.07) is 0. The van der Waals surface area contributed by atoms with Crippen LogP contribution in [-0.2, 0) is 0 Å². The molecule has 0 unspecified atom stereocenters. The van der Waals surface area contributed by atoms with E-state index in [-0.39, 0.29) is 5.54 Å². The molecule has 0 aromatic carbocycles. The molecule has 3 fully saturated rings. The first kappa shape index (κ1) is 18.5. The first-order valence-corrected chi connectivity index (χ1v) is 10.2. The van der Waals surface area contributed by atoms with Crippen molar-refractivity contribution in [3.63, 3.8) is 0 Å². The predicted octanol–water partition coefficient (Wildman–Crippen LogP) is 2.89. The van der Waals surface area contributed by atoms with Crippen molar-refractivity contribution >= 4 is 0 Å². The van der Waals surface area contributed by atoms with Crippen LogP contribution in [0.25, 0.3) is 0 Å². The second kappa shape index (κ2) is 6.43. The van der Waals surface area contributed by atoms with Gasteiger partial charge in [0.2, 0.25) is 0 Å². The lowest BCUT2D eigenvalue weighted by Crippen LogP contribution is -2.98. The molecule has 0 aliphatic heterocycles. The van der Waals surface area contributed by atoms with Crippen LogP contribution in [0.1, 0.15) is 66.2 Å². The molecule has 0 spiro atoms. The smallest absolute Gasteiger partial charge is 0.0789 e. The Kier molecular flexibility index (Phi) is 4.94. The predicted molar refractivity (Wildman–Crippen MR) is 101 cm³/mol. The topological polar surface area (TPSA) is 33.2 Å². The Morgan fingerprint density at radius 3 is 2.58 bits per heavy atom. The molecule has 3 aliphatic carbocycles. The van der Waals surface area contributed by atoms with E-state index in [4.69, 9.17) is 0 Å². The molecule has 0 bridgehead atoms. The maximum atomic E-state index is 4.59. The Bertz CT molecular complexity index is 482. The van der Waals surface area contributed by atoms with Crippen molar-refractivity contribution in [3.05, 3.63) is 26.2 Å². The van der Waals surface area contributed by atoms with Crippen molar-refractivity contribution < 1.29 is 10.6 Å². The van der Waals surface area contributed by atoms with E-state index in [0.29, 0.717) is 11.5 Å². The van der Waals surface area contributed by atoms with Gasteiger partial charge in [0.05, 0.1) is 11.1 Å². The molecule has 0 saturated heterocycles. The van der Waals surface area contributed by atoms with Crippen LogP contribution in [-0.4, -0.2) is 11.1 Å². The van der Waals surface area contributed by atoms with Crippen LogP contribution < -0.4 is 10.6 Å². The van der Waals surface area contributed by atoms with E-state index in [1.54, 1.807) is 5.57 Å². The van der Waals surface area contributed by atoms with Gasteiger partial charge in [0, 0.05) is 24.7 Å². The number of allylic oxidation sites excluding steroid dienone is 1. The van der Waals surface area contributed by atoms with Gasteiger partial charge in [-0.2, -0.15) is 14.1 Å². The molecule has 0 aromatic heterocycles. The number of quaternary nitrogens is 2. The van der Waals surface area contributed by atoms with E-state index in [1.807, 2.05) is 0 Å². The van der Waals surface area contributed by atoms with Crippen LogP contribution in [0, 0.1) is 49.6 Å². The lowest BCUT2D eigenvalue weighted by molar-refractivity contribution is -0.704. The molecule has 7 atom stereocenters. The van der Waals surface area contributed by atoms with Crippen molar-refractivity contribution in [2.75, 3.05) is 0 Å². The highest BCUT2D eigenvalue weighted by Crippen LogP contribution is 2.60. The Hall–Kier alpha value is -0.340. The lowest BCUT2D eigenvalue weighted by Gasteiger charge is -2.62. The molecule has 0 heterocycles. The molecule has 4 N–H and O–H groups in total. The van der Waals surface area contributed by atoms with Gasteiger partial charge in [0.1, 0.15) is 0 Å². The van der Waals surface area contributed by atoms with Crippen LogP contribution >= 0.6 is 0 Å². The average molecular weight is 333 g/mol. The van der Waals surface area contributed by atoms with E-state index in [0.717, 1.165) is 29.6 Å². The zero-order valence-electron chi connectivity index (χ0n) is 16.5. The van der Waals surface area contributed by atoms with Gasteiger partial charge in [0.25, 0.3) is 0 Å². The molecule has 3 aliphatic rings. The Morgan fingerprint density at radius 2 is 1.96 bits per heavy atom. The van der Waals surface area contributed by atoms with Gasteiger partial charge in [-0.3, -0.25) is 0 Å². The van der Waals surface area contributed by atoms with Crippen molar-refractivity contribution in [2.45, 2.75) is 77.3 Å². The van der Waals surface area contributed by atoms with Gasteiger partial charge in [-0.05, 0) is 63.2 Å². The minimum absolute atomic E-state index is 0.228. The molecular weight excluding hydrogens is 292 g/mol. The summed E-state index contributed by atoms with van der Waals surface area (Å²) in [5, 5.41) is 4.54. The van der Waals surface area contributed by atoms with Crippen molar-refractivity contribution in [2.24, 2.45) is 35.5 Å². The van der Waals surface area contributed by atoms with Crippen LogP contribution in [0.15, 0.2) is 12.2 Å². The standard InChI is InChI=1S/C22H40N2/c1-14-10-11-22(24-7)16(3)8-9-18-15(2)12-17(19(14)20(18)22)13-21(4,5)23-6/h15-20H,1,6-13,23-24H2,2-5H3/t15-,16-,17-,18+,19-,20-,22-/m0/s1. The molecule has 2 nitrogen and oxygen atoms in total. The SMILES string of the molecule is C=C1CC[C@@]2([NH2+][CH2-])[C@H]3[C@H](CC[C@@H]2C)[C@@H](C)C[C@@H](CC(C)(C)[NH2+][CH2-])[C@H]13. The average Bonchev–Trinajstić information content (AvgIpc) is 2.54. The summed E-state index contributed by atoms with van der Waals surface area (Å²) in [7, 11) is 8.46. The fourth-order valence-corrected chi connectivity index (χ4v) is 6.90. The summed E-state index contributed by atoms with van der Waals surface area (Å²) in [6.07, 6.45) is 7.95. The van der Waals surface area contributed by atoms with Gasteiger partial charge in [0.15, 0.2) is 0 Å². The van der Waals surface area contributed by atoms with Gasteiger partial charge >= 0.3 is 0 Å². The van der Waals surface area contributed by atoms with Crippen LogP contribution in [0.5, 0.6) is 0 Å². The van der Waals surface area contributed by atoms with E-state index >= 15 is 0 Å². The quantitative estimate of drug-likeness (QED) is 0.586. The molecule has 138 valence electrons. The minimum atomic E-state index is 0.228. The zero-order chi connectivity index (χ0) is 17.7. The maximum absolute atomic E-state index is 4.59. The molecule has 2 heteroatoms. The molecule has 0 amide bonds. The lowest BCUT2D eigenvalue weighted by atomic mass is 9.44. The summed E-state index contributed by atoms with van der Waals surface area (Å²) >= 11 is 0. The number of rotatable bonds is 4. The first-order chi connectivity index (χ1) is 11.3. The second-order valence-corrected chi connectivity index (χ2v) is 10.0. The summed E-state index contributed by atoms with van der Waals surface area (Å²) in [5.74, 6) is 4.77.